The van der Waals surface area contributed by atoms with E-state index in [1.165, 1.54) is 113 Å². The average Bonchev–Trinajstić information content (AvgIpc) is 3.82. The van der Waals surface area contributed by atoms with E-state index in [0.717, 1.165) is 0 Å². The second-order valence-electron chi connectivity index (χ2n) is 15.3. The van der Waals surface area contributed by atoms with Crippen LogP contribution in [-0.4, -0.2) is 4.57 Å². The highest BCUT2D eigenvalue weighted by atomic mass is 32.1. The molecule has 248 valence electrons. The molecule has 0 radical (unpaired) electrons. The number of rotatable bonds is 2. The van der Waals surface area contributed by atoms with Crippen LogP contribution in [0.2, 0.25) is 0 Å². The highest BCUT2D eigenvalue weighted by Crippen LogP contribution is 2.51. The van der Waals surface area contributed by atoms with E-state index in [9.17, 15) is 0 Å². The molecule has 9 aromatic carbocycles. The Balaban J connectivity index is 1.16. The lowest BCUT2D eigenvalue weighted by Crippen LogP contribution is -2.14. The van der Waals surface area contributed by atoms with Crippen LogP contribution in [0, 0.1) is 0 Å². The van der Waals surface area contributed by atoms with Gasteiger partial charge in [-0.05, 0) is 108 Å². The van der Waals surface area contributed by atoms with Crippen LogP contribution in [0.5, 0.6) is 0 Å². The summed E-state index contributed by atoms with van der Waals surface area (Å²) in [6.45, 7) is 4.76. The molecule has 0 saturated heterocycles. The van der Waals surface area contributed by atoms with Crippen molar-refractivity contribution in [3.05, 3.63) is 175 Å². The van der Waals surface area contributed by atoms with Crippen molar-refractivity contribution in [3.63, 3.8) is 0 Å². The molecule has 1 aliphatic carbocycles. The van der Waals surface area contributed by atoms with Gasteiger partial charge in [0.2, 0.25) is 0 Å². The van der Waals surface area contributed by atoms with E-state index in [2.05, 4.69) is 182 Å². The average molecular weight is 692 g/mol. The minimum Gasteiger partial charge on any atom is -0.309 e. The highest BCUT2D eigenvalue weighted by Gasteiger charge is 2.36. The largest absolute Gasteiger partial charge is 0.309 e. The number of hydrogen-bond donors (Lipinski definition) is 0. The molecule has 53 heavy (non-hydrogen) atoms. The number of hydrogen-bond acceptors (Lipinski definition) is 1. The molecule has 0 aliphatic heterocycles. The summed E-state index contributed by atoms with van der Waals surface area (Å²) in [5.74, 6) is 0. The quantitative estimate of drug-likeness (QED) is 0.159. The maximum absolute atomic E-state index is 2.53. The van der Waals surface area contributed by atoms with Gasteiger partial charge in [0.15, 0.2) is 0 Å². The number of benzene rings is 9. The molecular weight excluding hydrogens is 659 g/mol. The van der Waals surface area contributed by atoms with Crippen LogP contribution in [0.1, 0.15) is 25.0 Å². The fraction of sp³-hybridized carbons (Fsp3) is 0.0588. The Morgan fingerprint density at radius 1 is 0.396 bits per heavy atom. The summed E-state index contributed by atoms with van der Waals surface area (Å²) < 4.78 is 5.21. The first-order chi connectivity index (χ1) is 26.0. The van der Waals surface area contributed by atoms with Crippen LogP contribution in [-0.2, 0) is 5.41 Å². The van der Waals surface area contributed by atoms with Gasteiger partial charge in [-0.25, -0.2) is 0 Å². The Hall–Kier alpha value is -6.22. The van der Waals surface area contributed by atoms with E-state index in [-0.39, 0.29) is 5.41 Å². The normalized spacial score (nSPS) is 13.6. The van der Waals surface area contributed by atoms with Crippen LogP contribution in [0.25, 0.3) is 102 Å². The molecule has 0 spiro atoms. The first-order valence-corrected chi connectivity index (χ1v) is 19.3. The van der Waals surface area contributed by atoms with Gasteiger partial charge < -0.3 is 4.57 Å². The maximum atomic E-state index is 2.53. The summed E-state index contributed by atoms with van der Waals surface area (Å²) in [5.41, 5.74) is 11.6. The molecule has 1 nitrogen and oxygen atoms in total. The molecule has 2 aromatic heterocycles. The molecule has 0 fully saturated rings. The van der Waals surface area contributed by atoms with E-state index in [1.54, 1.807) is 0 Å². The first-order valence-electron chi connectivity index (χ1n) is 18.5. The molecule has 2 heteroatoms. The summed E-state index contributed by atoms with van der Waals surface area (Å²) in [6, 6.07) is 61.6. The molecule has 0 saturated carbocycles. The summed E-state index contributed by atoms with van der Waals surface area (Å²) in [5, 5.41) is 13.1. The van der Waals surface area contributed by atoms with Crippen molar-refractivity contribution in [1.29, 1.82) is 0 Å². The van der Waals surface area contributed by atoms with Crippen molar-refractivity contribution >= 4 is 85.6 Å². The molecule has 0 N–H and O–H groups in total. The maximum Gasteiger partial charge on any atom is 0.0547 e. The summed E-state index contributed by atoms with van der Waals surface area (Å²) >= 11 is 1.89. The SMILES string of the molecule is CC1(C)c2ccccc2-c2cc3c4cc5c6ccccc6c6ccccc6c5cc4n(-c4ccc(-c5cccc6c5sc5ccccc56)cc4)c3cc21. The minimum absolute atomic E-state index is 0.0920. The van der Waals surface area contributed by atoms with Gasteiger partial charge in [0.1, 0.15) is 0 Å². The van der Waals surface area contributed by atoms with Gasteiger partial charge in [-0.1, -0.05) is 135 Å². The molecule has 0 bridgehead atoms. The lowest BCUT2D eigenvalue weighted by molar-refractivity contribution is 0.661. The van der Waals surface area contributed by atoms with Crippen molar-refractivity contribution in [2.45, 2.75) is 19.3 Å². The molecule has 1 aliphatic rings. The fourth-order valence-electron chi connectivity index (χ4n) is 9.65. The van der Waals surface area contributed by atoms with E-state index in [4.69, 9.17) is 0 Å². The topological polar surface area (TPSA) is 4.93 Å². The summed E-state index contributed by atoms with van der Waals surface area (Å²) in [6.07, 6.45) is 0. The number of aromatic nitrogens is 1. The lowest BCUT2D eigenvalue weighted by Gasteiger charge is -2.21. The molecule has 0 atom stereocenters. The van der Waals surface area contributed by atoms with Crippen molar-refractivity contribution in [1.82, 2.24) is 4.57 Å². The van der Waals surface area contributed by atoms with Crippen LogP contribution in [0.4, 0.5) is 0 Å². The van der Waals surface area contributed by atoms with Crippen LogP contribution < -0.4 is 0 Å². The predicted molar refractivity (Wildman–Crippen MR) is 229 cm³/mol. The highest BCUT2D eigenvalue weighted by molar-refractivity contribution is 7.26. The zero-order chi connectivity index (χ0) is 35.0. The van der Waals surface area contributed by atoms with Crippen molar-refractivity contribution < 1.29 is 0 Å². The van der Waals surface area contributed by atoms with Gasteiger partial charge >= 0.3 is 0 Å². The second kappa shape index (κ2) is 10.4. The van der Waals surface area contributed by atoms with Crippen molar-refractivity contribution in [3.8, 4) is 27.9 Å². The number of nitrogens with zero attached hydrogens (tertiary/aromatic N) is 1. The third kappa shape index (κ3) is 3.91. The molecular formula is C51H33NS. The number of thiophene rings is 1. The molecule has 11 aromatic rings. The monoisotopic (exact) mass is 691 g/mol. The Bertz CT molecular complexity index is 3350. The van der Waals surface area contributed by atoms with Gasteiger partial charge in [-0.3, -0.25) is 0 Å². The smallest absolute Gasteiger partial charge is 0.0547 e. The zero-order valence-corrected chi connectivity index (χ0v) is 30.3. The summed E-state index contributed by atoms with van der Waals surface area (Å²) in [4.78, 5) is 0. The van der Waals surface area contributed by atoms with Crippen LogP contribution in [0.3, 0.4) is 0 Å². The predicted octanol–water partition coefficient (Wildman–Crippen LogP) is 14.6. The molecule has 0 amide bonds. The van der Waals surface area contributed by atoms with Crippen molar-refractivity contribution in [2.75, 3.05) is 0 Å². The Morgan fingerprint density at radius 3 is 1.72 bits per heavy atom. The van der Waals surface area contributed by atoms with E-state index in [0.29, 0.717) is 0 Å². The molecule has 0 unspecified atom stereocenters. The third-order valence-corrected chi connectivity index (χ3v) is 13.4. The zero-order valence-electron chi connectivity index (χ0n) is 29.4. The van der Waals surface area contributed by atoms with E-state index in [1.807, 2.05) is 11.3 Å². The first kappa shape index (κ1) is 29.4. The van der Waals surface area contributed by atoms with Gasteiger partial charge in [0, 0.05) is 42.0 Å². The minimum atomic E-state index is -0.0920. The lowest BCUT2D eigenvalue weighted by atomic mass is 9.82. The molecule has 12 rings (SSSR count). The van der Waals surface area contributed by atoms with Crippen LogP contribution >= 0.6 is 11.3 Å². The number of fused-ring (bicyclic) bond motifs is 15. The summed E-state index contributed by atoms with van der Waals surface area (Å²) in [7, 11) is 0. The fourth-order valence-corrected chi connectivity index (χ4v) is 10.9. The third-order valence-electron chi connectivity index (χ3n) is 12.2. The Morgan fingerprint density at radius 2 is 0.962 bits per heavy atom. The van der Waals surface area contributed by atoms with Gasteiger partial charge in [0.25, 0.3) is 0 Å². The van der Waals surface area contributed by atoms with E-state index < -0.39 is 0 Å². The van der Waals surface area contributed by atoms with E-state index >= 15 is 0 Å². The van der Waals surface area contributed by atoms with Crippen molar-refractivity contribution in [2.24, 2.45) is 0 Å². The Kier molecular flexibility index (Phi) is 5.78. The van der Waals surface area contributed by atoms with Crippen LogP contribution in [0.15, 0.2) is 164 Å². The standard InChI is InChI=1S/C51H33NS/c1-51(2)45-20-9-7-16-37(45)42-27-44-43-26-40-35-14-5-3-12-33(35)34-13-4-6-15-36(34)41(40)28-47(43)52(48(44)29-46(42)51)31-24-22-30(23-25-31)32-18-11-19-39-38-17-8-10-21-49(38)53-50(32)39/h3-29H,1-2H3. The van der Waals surface area contributed by atoms with Gasteiger partial charge in [-0.15, -0.1) is 11.3 Å². The molecule has 2 heterocycles. The Labute approximate surface area is 311 Å². The second-order valence-corrected chi connectivity index (χ2v) is 16.3. The van der Waals surface area contributed by atoms with Gasteiger partial charge in [0.05, 0.1) is 11.0 Å². The van der Waals surface area contributed by atoms with Gasteiger partial charge in [-0.2, -0.15) is 0 Å².